The second-order valence-electron chi connectivity index (χ2n) is 3.74. The summed E-state index contributed by atoms with van der Waals surface area (Å²) < 4.78 is 0. The van der Waals surface area contributed by atoms with Crippen LogP contribution in [0.25, 0.3) is 0 Å². The highest BCUT2D eigenvalue weighted by Gasteiger charge is 2.27. The first kappa shape index (κ1) is 10.6. The second-order valence-corrected chi connectivity index (χ2v) is 3.74. The van der Waals surface area contributed by atoms with Crippen LogP contribution < -0.4 is 5.32 Å². The molecule has 0 saturated heterocycles. The van der Waals surface area contributed by atoms with Gasteiger partial charge in [-0.05, 0) is 33.2 Å². The lowest BCUT2D eigenvalue weighted by Gasteiger charge is -2.27. The number of hydrogen-bond donors (Lipinski definition) is 1. The van der Waals surface area contributed by atoms with Crippen LogP contribution in [0.4, 0.5) is 0 Å². The van der Waals surface area contributed by atoms with Crippen LogP contribution in [-0.4, -0.2) is 18.4 Å². The summed E-state index contributed by atoms with van der Waals surface area (Å²) in [6.45, 7) is 7.84. The van der Waals surface area contributed by atoms with Crippen LogP contribution in [-0.2, 0) is 4.79 Å². The van der Waals surface area contributed by atoms with Gasteiger partial charge in [0.1, 0.15) is 5.78 Å². The fourth-order valence-electron chi connectivity index (χ4n) is 1.24. The summed E-state index contributed by atoms with van der Waals surface area (Å²) in [6, 6.07) is 0. The Kier molecular flexibility index (Phi) is 3.73. The molecule has 2 heteroatoms. The summed E-state index contributed by atoms with van der Waals surface area (Å²) in [5.41, 5.74) is -0.325. The van der Waals surface area contributed by atoms with Gasteiger partial charge in [0, 0.05) is 0 Å². The molecular formula is C9H19NO. The molecule has 0 rings (SSSR count). The van der Waals surface area contributed by atoms with Crippen LogP contribution in [0.1, 0.15) is 34.1 Å². The van der Waals surface area contributed by atoms with E-state index >= 15 is 0 Å². The first-order valence-corrected chi connectivity index (χ1v) is 4.12. The summed E-state index contributed by atoms with van der Waals surface area (Å²) in [7, 11) is 1.84. The molecule has 0 amide bonds. The minimum atomic E-state index is -0.325. The molecule has 0 heterocycles. The molecule has 2 nitrogen and oxygen atoms in total. The summed E-state index contributed by atoms with van der Waals surface area (Å²) in [6.07, 6.45) is 0.902. The van der Waals surface area contributed by atoms with Gasteiger partial charge in [0.05, 0.1) is 5.54 Å². The molecule has 0 fully saturated rings. The van der Waals surface area contributed by atoms with E-state index in [2.05, 4.69) is 19.2 Å². The highest BCUT2D eigenvalue weighted by atomic mass is 16.1. The van der Waals surface area contributed by atoms with Crippen molar-refractivity contribution >= 4 is 5.78 Å². The van der Waals surface area contributed by atoms with Crippen molar-refractivity contribution in [3.8, 4) is 0 Å². The Morgan fingerprint density at radius 2 is 2.00 bits per heavy atom. The van der Waals surface area contributed by atoms with Crippen molar-refractivity contribution in [2.75, 3.05) is 7.05 Å². The van der Waals surface area contributed by atoms with E-state index in [1.165, 1.54) is 0 Å². The normalized spacial score (nSPS) is 16.5. The van der Waals surface area contributed by atoms with E-state index in [0.29, 0.717) is 5.92 Å². The molecule has 0 aliphatic heterocycles. The van der Waals surface area contributed by atoms with E-state index in [1.807, 2.05) is 14.0 Å². The molecule has 0 saturated carbocycles. The van der Waals surface area contributed by atoms with Crippen molar-refractivity contribution in [1.82, 2.24) is 5.32 Å². The second kappa shape index (κ2) is 3.86. The Labute approximate surface area is 69.4 Å². The largest absolute Gasteiger partial charge is 0.308 e. The Bertz CT molecular complexity index is 142. The van der Waals surface area contributed by atoms with Gasteiger partial charge in [-0.3, -0.25) is 4.79 Å². The lowest BCUT2D eigenvalue weighted by Crippen LogP contribution is -2.47. The Balaban J connectivity index is 4.22. The van der Waals surface area contributed by atoms with Gasteiger partial charge in [0.2, 0.25) is 0 Å². The monoisotopic (exact) mass is 157 g/mol. The lowest BCUT2D eigenvalue weighted by atomic mass is 9.88. The van der Waals surface area contributed by atoms with E-state index in [1.54, 1.807) is 6.92 Å². The molecule has 1 atom stereocenters. The zero-order valence-electron chi connectivity index (χ0n) is 8.19. The summed E-state index contributed by atoms with van der Waals surface area (Å²) in [5, 5.41) is 3.06. The number of hydrogen-bond acceptors (Lipinski definition) is 2. The molecule has 0 aromatic carbocycles. The maximum absolute atomic E-state index is 11.2. The first-order valence-electron chi connectivity index (χ1n) is 4.12. The third-order valence-electron chi connectivity index (χ3n) is 2.15. The van der Waals surface area contributed by atoms with Gasteiger partial charge in [-0.1, -0.05) is 13.8 Å². The number of ketones is 1. The van der Waals surface area contributed by atoms with E-state index in [4.69, 9.17) is 0 Å². The molecule has 66 valence electrons. The standard InChI is InChI=1S/C9H19NO/c1-7(2)6-9(4,10-5)8(3)11/h7,10H,6H2,1-5H3. The van der Waals surface area contributed by atoms with Crippen LogP contribution in [0.5, 0.6) is 0 Å². The maximum Gasteiger partial charge on any atom is 0.149 e. The number of Topliss-reactive ketones (excluding diaryl/α,β-unsaturated/α-hetero) is 1. The van der Waals surface area contributed by atoms with Gasteiger partial charge in [0.15, 0.2) is 0 Å². The summed E-state index contributed by atoms with van der Waals surface area (Å²) in [4.78, 5) is 11.2. The fraction of sp³-hybridized carbons (Fsp3) is 0.889. The van der Waals surface area contributed by atoms with Crippen molar-refractivity contribution < 1.29 is 4.79 Å². The van der Waals surface area contributed by atoms with E-state index in [0.717, 1.165) is 6.42 Å². The quantitative estimate of drug-likeness (QED) is 0.671. The van der Waals surface area contributed by atoms with Gasteiger partial charge < -0.3 is 5.32 Å². The minimum Gasteiger partial charge on any atom is -0.308 e. The Hall–Kier alpha value is -0.370. The van der Waals surface area contributed by atoms with E-state index in [9.17, 15) is 4.79 Å². The van der Waals surface area contributed by atoms with Crippen molar-refractivity contribution in [3.05, 3.63) is 0 Å². The topological polar surface area (TPSA) is 29.1 Å². The number of likely N-dealkylation sites (N-methyl/N-ethyl adjacent to an activating group) is 1. The third-order valence-corrected chi connectivity index (χ3v) is 2.15. The molecule has 0 radical (unpaired) electrons. The highest BCUT2D eigenvalue weighted by Crippen LogP contribution is 2.16. The number of carbonyl (C=O) groups is 1. The Morgan fingerprint density at radius 1 is 1.55 bits per heavy atom. The van der Waals surface area contributed by atoms with Crippen molar-refractivity contribution in [3.63, 3.8) is 0 Å². The molecule has 1 unspecified atom stereocenters. The predicted molar refractivity (Wildman–Crippen MR) is 47.6 cm³/mol. The number of rotatable bonds is 4. The average molecular weight is 157 g/mol. The molecule has 0 aromatic heterocycles. The zero-order chi connectivity index (χ0) is 9.07. The SMILES string of the molecule is CNC(C)(CC(C)C)C(C)=O. The molecule has 0 aliphatic carbocycles. The van der Waals surface area contributed by atoms with Crippen molar-refractivity contribution in [2.24, 2.45) is 5.92 Å². The van der Waals surface area contributed by atoms with Gasteiger partial charge >= 0.3 is 0 Å². The van der Waals surface area contributed by atoms with Gasteiger partial charge in [-0.25, -0.2) is 0 Å². The third kappa shape index (κ3) is 3.02. The summed E-state index contributed by atoms with van der Waals surface area (Å²) >= 11 is 0. The lowest BCUT2D eigenvalue weighted by molar-refractivity contribution is -0.123. The van der Waals surface area contributed by atoms with Crippen LogP contribution in [0.2, 0.25) is 0 Å². The average Bonchev–Trinajstić information content (AvgIpc) is 1.86. The first-order chi connectivity index (χ1) is 4.92. The Morgan fingerprint density at radius 3 is 2.09 bits per heavy atom. The van der Waals surface area contributed by atoms with E-state index < -0.39 is 0 Å². The molecule has 0 aromatic rings. The fourth-order valence-corrected chi connectivity index (χ4v) is 1.24. The molecule has 1 N–H and O–H groups in total. The van der Waals surface area contributed by atoms with Crippen LogP contribution in [0, 0.1) is 5.92 Å². The molecule has 11 heavy (non-hydrogen) atoms. The molecule has 0 spiro atoms. The predicted octanol–water partition coefficient (Wildman–Crippen LogP) is 1.60. The smallest absolute Gasteiger partial charge is 0.149 e. The van der Waals surface area contributed by atoms with Gasteiger partial charge in [-0.15, -0.1) is 0 Å². The molecule has 0 aliphatic rings. The van der Waals surface area contributed by atoms with Crippen molar-refractivity contribution in [2.45, 2.75) is 39.7 Å². The van der Waals surface area contributed by atoms with Crippen LogP contribution in [0.15, 0.2) is 0 Å². The summed E-state index contributed by atoms with van der Waals surface area (Å²) in [5.74, 6) is 0.769. The molecular weight excluding hydrogens is 138 g/mol. The van der Waals surface area contributed by atoms with Crippen LogP contribution >= 0.6 is 0 Å². The van der Waals surface area contributed by atoms with Crippen molar-refractivity contribution in [1.29, 1.82) is 0 Å². The minimum absolute atomic E-state index is 0.216. The van der Waals surface area contributed by atoms with Gasteiger partial charge in [0.25, 0.3) is 0 Å². The van der Waals surface area contributed by atoms with E-state index in [-0.39, 0.29) is 11.3 Å². The van der Waals surface area contributed by atoms with Crippen LogP contribution in [0.3, 0.4) is 0 Å². The number of nitrogens with one attached hydrogen (secondary N) is 1. The molecule has 0 bridgehead atoms. The highest BCUT2D eigenvalue weighted by molar-refractivity contribution is 5.85. The maximum atomic E-state index is 11.2. The van der Waals surface area contributed by atoms with Gasteiger partial charge in [-0.2, -0.15) is 0 Å². The number of carbonyl (C=O) groups excluding carboxylic acids is 1. The zero-order valence-corrected chi connectivity index (χ0v) is 8.19.